The van der Waals surface area contributed by atoms with Crippen molar-refractivity contribution in [3.05, 3.63) is 29.3 Å². The Hall–Kier alpha value is -1.76. The summed E-state index contributed by atoms with van der Waals surface area (Å²) in [5.74, 6) is -1.62. The van der Waals surface area contributed by atoms with Crippen molar-refractivity contribution in [3.8, 4) is 0 Å². The van der Waals surface area contributed by atoms with Crippen molar-refractivity contribution in [3.63, 3.8) is 0 Å². The Balaban J connectivity index is 2.88. The van der Waals surface area contributed by atoms with Gasteiger partial charge < -0.3 is 15.5 Å². The van der Waals surface area contributed by atoms with E-state index in [2.05, 4.69) is 5.32 Å². The van der Waals surface area contributed by atoms with Crippen LogP contribution in [0, 0.1) is 0 Å². The van der Waals surface area contributed by atoms with Crippen LogP contribution < -0.4 is 5.32 Å². The first kappa shape index (κ1) is 15.3. The Bertz CT molecular complexity index is 446. The molecule has 0 radical (unpaired) electrons. The van der Waals surface area contributed by atoms with Crippen LogP contribution in [0.15, 0.2) is 18.2 Å². The lowest BCUT2D eigenvalue weighted by Gasteiger charge is -2.12. The number of unbranched alkanes of at least 4 members (excludes halogenated alkanes) is 1. The van der Waals surface area contributed by atoms with Gasteiger partial charge in [0.05, 0.1) is 11.1 Å². The molecule has 0 aliphatic rings. The second-order valence-electron chi connectivity index (χ2n) is 3.92. The lowest BCUT2D eigenvalue weighted by molar-refractivity contribution is -0.138. The molecular weight excluding hydrogens is 263 g/mol. The van der Waals surface area contributed by atoms with Crippen LogP contribution in [0.25, 0.3) is 0 Å². The molecular formula is C12H14F3NO3. The number of nitrogens with one attached hydrogen (secondary N) is 1. The highest BCUT2D eigenvalue weighted by Gasteiger charge is 2.35. The summed E-state index contributed by atoms with van der Waals surface area (Å²) in [4.78, 5) is 10.8. The zero-order chi connectivity index (χ0) is 14.5. The van der Waals surface area contributed by atoms with Gasteiger partial charge in [0.2, 0.25) is 0 Å². The van der Waals surface area contributed by atoms with Crippen LogP contribution >= 0.6 is 0 Å². The van der Waals surface area contributed by atoms with E-state index in [1.807, 2.05) is 0 Å². The van der Waals surface area contributed by atoms with E-state index in [-0.39, 0.29) is 6.61 Å². The summed E-state index contributed by atoms with van der Waals surface area (Å²) in [7, 11) is 0. The number of carbonyl (C=O) groups is 1. The molecule has 0 aliphatic heterocycles. The van der Waals surface area contributed by atoms with Crippen molar-refractivity contribution in [1.29, 1.82) is 0 Å². The second-order valence-corrected chi connectivity index (χ2v) is 3.92. The van der Waals surface area contributed by atoms with E-state index in [0.717, 1.165) is 12.1 Å². The van der Waals surface area contributed by atoms with Gasteiger partial charge in [0.25, 0.3) is 0 Å². The molecule has 0 saturated carbocycles. The van der Waals surface area contributed by atoms with Crippen LogP contribution in [0.1, 0.15) is 28.8 Å². The van der Waals surface area contributed by atoms with Crippen LogP contribution in [0.4, 0.5) is 18.9 Å². The molecule has 0 aliphatic carbocycles. The molecule has 1 aromatic carbocycles. The number of aliphatic hydroxyl groups excluding tert-OH is 1. The predicted molar refractivity (Wildman–Crippen MR) is 63.2 cm³/mol. The van der Waals surface area contributed by atoms with Crippen LogP contribution in [0.5, 0.6) is 0 Å². The fourth-order valence-corrected chi connectivity index (χ4v) is 1.55. The monoisotopic (exact) mass is 277 g/mol. The maximum Gasteiger partial charge on any atom is 0.417 e. The largest absolute Gasteiger partial charge is 0.478 e. The Morgan fingerprint density at radius 3 is 2.47 bits per heavy atom. The zero-order valence-corrected chi connectivity index (χ0v) is 10.00. The number of carboxylic acids is 1. The predicted octanol–water partition coefficient (Wildman–Crippen LogP) is 2.59. The van der Waals surface area contributed by atoms with Gasteiger partial charge in [0, 0.05) is 18.8 Å². The quantitative estimate of drug-likeness (QED) is 0.699. The Morgan fingerprint density at radius 1 is 1.26 bits per heavy atom. The van der Waals surface area contributed by atoms with Crippen molar-refractivity contribution in [2.45, 2.75) is 19.0 Å². The van der Waals surface area contributed by atoms with Crippen molar-refractivity contribution in [2.75, 3.05) is 18.5 Å². The highest BCUT2D eigenvalue weighted by atomic mass is 19.4. The van der Waals surface area contributed by atoms with Crippen LogP contribution in [-0.2, 0) is 6.18 Å². The minimum atomic E-state index is -4.69. The maximum absolute atomic E-state index is 12.6. The van der Waals surface area contributed by atoms with Crippen LogP contribution in [0.3, 0.4) is 0 Å². The molecule has 3 N–H and O–H groups in total. The van der Waals surface area contributed by atoms with E-state index in [4.69, 9.17) is 10.2 Å². The third-order valence-corrected chi connectivity index (χ3v) is 2.47. The number of hydrogen-bond acceptors (Lipinski definition) is 3. The number of anilines is 1. The minimum absolute atomic E-state index is 0.0368. The number of benzene rings is 1. The van der Waals surface area contributed by atoms with Gasteiger partial charge in [-0.1, -0.05) is 0 Å². The summed E-state index contributed by atoms with van der Waals surface area (Å²) in [5.41, 5.74) is -1.64. The first-order chi connectivity index (χ1) is 8.86. The SMILES string of the molecule is O=C(O)c1cc(NCCCCO)ccc1C(F)(F)F. The van der Waals surface area contributed by atoms with Gasteiger partial charge >= 0.3 is 12.1 Å². The fourth-order valence-electron chi connectivity index (χ4n) is 1.55. The van der Waals surface area contributed by atoms with Gasteiger partial charge in [-0.05, 0) is 31.0 Å². The minimum Gasteiger partial charge on any atom is -0.478 e. The molecule has 0 unspecified atom stereocenters. The molecule has 19 heavy (non-hydrogen) atoms. The average Bonchev–Trinajstić information content (AvgIpc) is 2.33. The maximum atomic E-state index is 12.6. The van der Waals surface area contributed by atoms with Crippen LogP contribution in [-0.4, -0.2) is 29.3 Å². The van der Waals surface area contributed by atoms with Gasteiger partial charge in [0.15, 0.2) is 0 Å². The van der Waals surface area contributed by atoms with E-state index >= 15 is 0 Å². The van der Waals surface area contributed by atoms with Crippen molar-refractivity contribution in [1.82, 2.24) is 0 Å². The number of aromatic carboxylic acids is 1. The van der Waals surface area contributed by atoms with Crippen molar-refractivity contribution >= 4 is 11.7 Å². The molecule has 0 heterocycles. The van der Waals surface area contributed by atoms with Gasteiger partial charge in [-0.3, -0.25) is 0 Å². The highest BCUT2D eigenvalue weighted by Crippen LogP contribution is 2.33. The van der Waals surface area contributed by atoms with Crippen LogP contribution in [0.2, 0.25) is 0 Å². The molecule has 0 saturated heterocycles. The number of carboxylic acid groups (broad SMARTS) is 1. The van der Waals surface area contributed by atoms with Crippen molar-refractivity contribution in [2.24, 2.45) is 0 Å². The third kappa shape index (κ3) is 4.44. The molecule has 0 fully saturated rings. The molecule has 0 spiro atoms. The average molecular weight is 277 g/mol. The Morgan fingerprint density at radius 2 is 1.95 bits per heavy atom. The lowest BCUT2D eigenvalue weighted by Crippen LogP contribution is -2.13. The first-order valence-corrected chi connectivity index (χ1v) is 5.65. The number of hydrogen-bond donors (Lipinski definition) is 3. The molecule has 1 rings (SSSR count). The topological polar surface area (TPSA) is 69.6 Å². The molecule has 1 aromatic rings. The molecule has 106 valence electrons. The lowest BCUT2D eigenvalue weighted by atomic mass is 10.1. The van der Waals surface area contributed by atoms with Gasteiger partial charge in [-0.25, -0.2) is 4.79 Å². The molecule has 0 bridgehead atoms. The second kappa shape index (κ2) is 6.42. The van der Waals surface area contributed by atoms with E-state index in [1.54, 1.807) is 0 Å². The number of aliphatic hydroxyl groups is 1. The first-order valence-electron chi connectivity index (χ1n) is 5.65. The van der Waals surface area contributed by atoms with Crippen molar-refractivity contribution < 1.29 is 28.2 Å². The zero-order valence-electron chi connectivity index (χ0n) is 10.00. The van der Waals surface area contributed by atoms with E-state index in [0.29, 0.717) is 25.1 Å². The number of alkyl halides is 3. The van der Waals surface area contributed by atoms with Gasteiger partial charge in [-0.2, -0.15) is 13.2 Å². The molecule has 7 heteroatoms. The molecule has 0 amide bonds. The number of halogens is 3. The molecule has 4 nitrogen and oxygen atoms in total. The number of rotatable bonds is 6. The summed E-state index contributed by atoms with van der Waals surface area (Å²) in [6.07, 6.45) is -3.48. The summed E-state index contributed by atoms with van der Waals surface area (Å²) in [5, 5.41) is 20.2. The van der Waals surface area contributed by atoms with E-state index in [1.165, 1.54) is 6.07 Å². The third-order valence-electron chi connectivity index (χ3n) is 2.47. The normalized spacial score (nSPS) is 11.4. The summed E-state index contributed by atoms with van der Waals surface area (Å²) >= 11 is 0. The highest BCUT2D eigenvalue weighted by molar-refractivity contribution is 5.91. The molecule has 0 aromatic heterocycles. The van der Waals surface area contributed by atoms with Gasteiger partial charge in [0.1, 0.15) is 0 Å². The summed E-state index contributed by atoms with van der Waals surface area (Å²) in [6.45, 7) is 0.486. The summed E-state index contributed by atoms with van der Waals surface area (Å²) in [6, 6.07) is 2.90. The smallest absolute Gasteiger partial charge is 0.417 e. The van der Waals surface area contributed by atoms with E-state index < -0.39 is 23.3 Å². The summed E-state index contributed by atoms with van der Waals surface area (Å²) < 4.78 is 37.7. The molecule has 0 atom stereocenters. The van der Waals surface area contributed by atoms with E-state index in [9.17, 15) is 18.0 Å². The Labute approximate surface area is 107 Å². The standard InChI is InChI=1S/C12H14F3NO3/c13-12(14,15)10-4-3-8(7-9(10)11(18)19)16-5-1-2-6-17/h3-4,7,16-17H,1-2,5-6H2,(H,18,19). The Kier molecular flexibility index (Phi) is 5.17. The van der Waals surface area contributed by atoms with Gasteiger partial charge in [-0.15, -0.1) is 0 Å². The fraction of sp³-hybridized carbons (Fsp3) is 0.417.